The van der Waals surface area contributed by atoms with Gasteiger partial charge in [0.05, 0.1) is 17.0 Å². The number of rotatable bonds is 3. The molecule has 2 amide bonds. The molecule has 3 atom stereocenters. The monoisotopic (exact) mass is 286 g/mol. The van der Waals surface area contributed by atoms with Gasteiger partial charge in [-0.25, -0.2) is 0 Å². The van der Waals surface area contributed by atoms with Gasteiger partial charge < -0.3 is 16.4 Å². The van der Waals surface area contributed by atoms with Crippen LogP contribution in [0.1, 0.15) is 20.3 Å². The third-order valence-corrected chi connectivity index (χ3v) is 5.36. The Bertz CT molecular complexity index is 390. The molecule has 0 saturated carbocycles. The first-order valence-corrected chi connectivity index (χ1v) is 7.58. The number of hydrogen-bond donors (Lipinski definition) is 3. The topological polar surface area (TPSA) is 101 Å². The fourth-order valence-electron chi connectivity index (χ4n) is 2.50. The Kier molecular flexibility index (Phi) is 4.08. The molecule has 0 aliphatic carbocycles. The van der Waals surface area contributed by atoms with Crippen LogP contribution in [-0.2, 0) is 9.59 Å². The van der Waals surface area contributed by atoms with E-state index in [9.17, 15) is 9.59 Å². The summed E-state index contributed by atoms with van der Waals surface area (Å²) in [5.74, 6) is 0.476. The second kappa shape index (κ2) is 5.30. The third-order valence-electron chi connectivity index (χ3n) is 3.85. The van der Waals surface area contributed by atoms with Gasteiger partial charge in [0.15, 0.2) is 0 Å². The number of carbonyl (C=O) groups excluding carboxylic acids is 2. The summed E-state index contributed by atoms with van der Waals surface area (Å²) in [6.45, 7) is 5.17. The van der Waals surface area contributed by atoms with E-state index >= 15 is 0 Å². The van der Waals surface area contributed by atoms with Crippen LogP contribution in [0, 0.1) is 5.92 Å². The Balaban J connectivity index is 1.97. The summed E-state index contributed by atoms with van der Waals surface area (Å²) >= 11 is 1.68. The van der Waals surface area contributed by atoms with Crippen molar-refractivity contribution in [2.24, 2.45) is 17.4 Å². The lowest BCUT2D eigenvalue weighted by Gasteiger charge is -2.26. The van der Waals surface area contributed by atoms with Crippen LogP contribution in [0.4, 0.5) is 0 Å². The van der Waals surface area contributed by atoms with E-state index in [2.05, 4.69) is 5.32 Å². The Morgan fingerprint density at radius 3 is 2.68 bits per heavy atom. The maximum Gasteiger partial charge on any atom is 0.239 e. The highest BCUT2D eigenvalue weighted by atomic mass is 32.2. The van der Waals surface area contributed by atoms with Crippen LogP contribution in [-0.4, -0.2) is 52.5 Å². The number of amides is 2. The van der Waals surface area contributed by atoms with Crippen molar-refractivity contribution in [2.45, 2.75) is 37.2 Å². The van der Waals surface area contributed by atoms with Crippen molar-refractivity contribution in [3.05, 3.63) is 0 Å². The Morgan fingerprint density at radius 1 is 1.47 bits per heavy atom. The molecule has 6 nitrogen and oxygen atoms in total. The summed E-state index contributed by atoms with van der Waals surface area (Å²) in [6.07, 6.45) is 0.831. The Hall–Kier alpha value is -0.790. The van der Waals surface area contributed by atoms with E-state index in [0.29, 0.717) is 18.8 Å². The summed E-state index contributed by atoms with van der Waals surface area (Å²) in [5.41, 5.74) is 11.2. The molecule has 0 aromatic heterocycles. The van der Waals surface area contributed by atoms with E-state index in [1.54, 1.807) is 16.7 Å². The minimum absolute atomic E-state index is 0.00296. The van der Waals surface area contributed by atoms with Gasteiger partial charge in [0, 0.05) is 18.8 Å². The molecule has 0 aromatic carbocycles. The number of thioether (sulfide) groups is 1. The van der Waals surface area contributed by atoms with Crippen molar-refractivity contribution < 1.29 is 9.59 Å². The van der Waals surface area contributed by atoms with E-state index in [1.807, 2.05) is 13.8 Å². The lowest BCUT2D eigenvalue weighted by molar-refractivity contribution is -0.132. The van der Waals surface area contributed by atoms with Crippen LogP contribution in [0.3, 0.4) is 0 Å². The summed E-state index contributed by atoms with van der Waals surface area (Å²) in [5, 5.41) is 3.27. The van der Waals surface area contributed by atoms with Crippen LogP contribution in [0.5, 0.6) is 0 Å². The van der Waals surface area contributed by atoms with Crippen molar-refractivity contribution in [3.8, 4) is 0 Å². The zero-order valence-electron chi connectivity index (χ0n) is 11.4. The predicted molar refractivity (Wildman–Crippen MR) is 75.3 cm³/mol. The van der Waals surface area contributed by atoms with Crippen molar-refractivity contribution in [1.82, 2.24) is 10.2 Å². The van der Waals surface area contributed by atoms with Crippen LogP contribution < -0.4 is 16.8 Å². The van der Waals surface area contributed by atoms with Gasteiger partial charge in [-0.2, -0.15) is 0 Å². The average Bonchev–Trinajstić information content (AvgIpc) is 2.96. The van der Waals surface area contributed by atoms with Gasteiger partial charge in [0.1, 0.15) is 0 Å². The van der Waals surface area contributed by atoms with Crippen molar-refractivity contribution >= 4 is 23.6 Å². The zero-order valence-corrected chi connectivity index (χ0v) is 12.2. The minimum atomic E-state index is -0.450. The maximum atomic E-state index is 12.2. The number of likely N-dealkylation sites (tertiary alicyclic amines) is 1. The molecular weight excluding hydrogens is 264 g/mol. The lowest BCUT2D eigenvalue weighted by Crippen LogP contribution is -2.51. The van der Waals surface area contributed by atoms with Crippen molar-refractivity contribution in [2.75, 3.05) is 18.8 Å². The summed E-state index contributed by atoms with van der Waals surface area (Å²) in [4.78, 5) is 25.0. The molecule has 19 heavy (non-hydrogen) atoms. The molecule has 0 bridgehead atoms. The van der Waals surface area contributed by atoms with Crippen LogP contribution >= 0.6 is 11.8 Å². The zero-order chi connectivity index (χ0) is 14.2. The van der Waals surface area contributed by atoms with Gasteiger partial charge in [-0.1, -0.05) is 13.8 Å². The summed E-state index contributed by atoms with van der Waals surface area (Å²) < 4.78 is 0. The Morgan fingerprint density at radius 2 is 2.16 bits per heavy atom. The van der Waals surface area contributed by atoms with Crippen LogP contribution in [0.2, 0.25) is 0 Å². The van der Waals surface area contributed by atoms with E-state index < -0.39 is 6.04 Å². The first-order chi connectivity index (χ1) is 8.84. The quantitative estimate of drug-likeness (QED) is 0.623. The van der Waals surface area contributed by atoms with E-state index in [-0.39, 0.29) is 28.6 Å². The molecule has 1 spiro atoms. The number of primary amides is 1. The van der Waals surface area contributed by atoms with Crippen LogP contribution in [0.15, 0.2) is 0 Å². The standard InChI is InChI=1S/C12H22N4O2S/c1-7(2)9(13)11(18)16-4-3-12(6-16)15-8(5-19-12)10(14)17/h7-9,15H,3-6,13H2,1-2H3,(H2,14,17)/t8-,9-,12?/m0/s1. The van der Waals surface area contributed by atoms with Gasteiger partial charge in [-0.15, -0.1) is 11.8 Å². The predicted octanol–water partition coefficient (Wildman–Crippen LogP) is -0.911. The molecule has 2 heterocycles. The molecule has 7 heteroatoms. The first-order valence-electron chi connectivity index (χ1n) is 6.60. The second-order valence-corrected chi connectivity index (χ2v) is 7.09. The molecule has 5 N–H and O–H groups in total. The average molecular weight is 286 g/mol. The highest BCUT2D eigenvalue weighted by Crippen LogP contribution is 2.38. The molecule has 2 rings (SSSR count). The number of nitrogens with two attached hydrogens (primary N) is 2. The van der Waals surface area contributed by atoms with Gasteiger partial charge in [-0.05, 0) is 12.3 Å². The van der Waals surface area contributed by atoms with Gasteiger partial charge in [0.2, 0.25) is 11.8 Å². The van der Waals surface area contributed by atoms with E-state index in [4.69, 9.17) is 11.5 Å². The molecule has 2 saturated heterocycles. The fraction of sp³-hybridized carbons (Fsp3) is 0.833. The second-order valence-electron chi connectivity index (χ2n) is 5.68. The molecular formula is C12H22N4O2S. The number of nitrogens with one attached hydrogen (secondary N) is 1. The SMILES string of the molecule is CC(C)[C@H](N)C(=O)N1CCC2(C1)N[C@H](C(N)=O)CS2. The lowest BCUT2D eigenvalue weighted by atomic mass is 10.0. The molecule has 0 aromatic rings. The highest BCUT2D eigenvalue weighted by molar-refractivity contribution is 8.01. The fourth-order valence-corrected chi connectivity index (χ4v) is 3.94. The molecule has 1 unspecified atom stereocenters. The van der Waals surface area contributed by atoms with Crippen LogP contribution in [0.25, 0.3) is 0 Å². The number of hydrogen-bond acceptors (Lipinski definition) is 5. The van der Waals surface area contributed by atoms with Gasteiger partial charge >= 0.3 is 0 Å². The van der Waals surface area contributed by atoms with Crippen molar-refractivity contribution in [1.29, 1.82) is 0 Å². The Labute approximate surface area is 117 Å². The largest absolute Gasteiger partial charge is 0.368 e. The highest BCUT2D eigenvalue weighted by Gasteiger charge is 2.47. The minimum Gasteiger partial charge on any atom is -0.368 e. The number of carbonyl (C=O) groups is 2. The van der Waals surface area contributed by atoms with Gasteiger partial charge in [-0.3, -0.25) is 14.9 Å². The first kappa shape index (κ1) is 14.6. The molecule has 0 radical (unpaired) electrons. The molecule has 108 valence electrons. The molecule has 2 aliphatic heterocycles. The number of nitrogens with zero attached hydrogens (tertiary/aromatic N) is 1. The molecule has 2 aliphatic rings. The van der Waals surface area contributed by atoms with E-state index in [0.717, 1.165) is 6.42 Å². The smallest absolute Gasteiger partial charge is 0.239 e. The van der Waals surface area contributed by atoms with Crippen molar-refractivity contribution in [3.63, 3.8) is 0 Å². The maximum absolute atomic E-state index is 12.2. The van der Waals surface area contributed by atoms with E-state index in [1.165, 1.54) is 0 Å². The summed E-state index contributed by atoms with van der Waals surface area (Å²) in [7, 11) is 0. The molecule has 2 fully saturated rings. The van der Waals surface area contributed by atoms with Gasteiger partial charge in [0.25, 0.3) is 0 Å². The third kappa shape index (κ3) is 2.88. The normalized spacial score (nSPS) is 32.2. The summed E-state index contributed by atoms with van der Waals surface area (Å²) in [6, 6.07) is -0.743.